The van der Waals surface area contributed by atoms with Crippen LogP contribution in [0.25, 0.3) is 0 Å². The summed E-state index contributed by atoms with van der Waals surface area (Å²) in [7, 11) is -1.02. The molecule has 0 bridgehead atoms. The van der Waals surface area contributed by atoms with Crippen molar-refractivity contribution in [2.75, 3.05) is 14.1 Å². The van der Waals surface area contributed by atoms with E-state index in [1.807, 2.05) is 0 Å². The number of primary sulfonamides is 1. The van der Waals surface area contributed by atoms with E-state index in [0.717, 1.165) is 6.07 Å². The van der Waals surface area contributed by atoms with Crippen LogP contribution >= 0.6 is 11.6 Å². The van der Waals surface area contributed by atoms with Crippen LogP contribution in [0.15, 0.2) is 23.1 Å². The molecule has 0 aliphatic heterocycles. The first-order valence-corrected chi connectivity index (χ1v) is 7.71. The van der Waals surface area contributed by atoms with E-state index in [1.165, 1.54) is 38.1 Å². The summed E-state index contributed by atoms with van der Waals surface area (Å²) in [6.45, 7) is 1.41. The van der Waals surface area contributed by atoms with Gasteiger partial charge in [-0.1, -0.05) is 11.6 Å². The van der Waals surface area contributed by atoms with Crippen molar-refractivity contribution in [1.82, 2.24) is 4.90 Å². The Labute approximate surface area is 127 Å². The average Bonchev–Trinajstić information content (AvgIpc) is 2.36. The Balaban J connectivity index is 3.02. The number of hydrogen-bond acceptors (Lipinski definition) is 5. The smallest absolute Gasteiger partial charge is 0.338 e. The van der Waals surface area contributed by atoms with Crippen molar-refractivity contribution < 1.29 is 22.7 Å². The van der Waals surface area contributed by atoms with Gasteiger partial charge in [0.25, 0.3) is 5.91 Å². The van der Waals surface area contributed by atoms with E-state index >= 15 is 0 Å². The zero-order valence-corrected chi connectivity index (χ0v) is 13.2. The quantitative estimate of drug-likeness (QED) is 0.812. The topological polar surface area (TPSA) is 107 Å². The Morgan fingerprint density at radius 2 is 1.90 bits per heavy atom. The zero-order valence-electron chi connectivity index (χ0n) is 11.7. The van der Waals surface area contributed by atoms with Crippen molar-refractivity contribution in [3.63, 3.8) is 0 Å². The van der Waals surface area contributed by atoms with Gasteiger partial charge >= 0.3 is 5.97 Å². The van der Waals surface area contributed by atoms with Crippen LogP contribution in [0.4, 0.5) is 0 Å². The number of benzene rings is 1. The predicted octanol–water partition coefficient (Wildman–Crippen LogP) is 0.621. The minimum absolute atomic E-state index is 0.0677. The second-order valence-electron chi connectivity index (χ2n) is 4.47. The predicted molar refractivity (Wildman–Crippen MR) is 76.4 cm³/mol. The van der Waals surface area contributed by atoms with Gasteiger partial charge in [-0.2, -0.15) is 0 Å². The van der Waals surface area contributed by atoms with Crippen molar-refractivity contribution in [3.8, 4) is 0 Å². The highest BCUT2D eigenvalue weighted by Gasteiger charge is 2.22. The van der Waals surface area contributed by atoms with E-state index in [-0.39, 0.29) is 15.5 Å². The Hall–Kier alpha value is -1.64. The molecule has 0 aliphatic rings. The monoisotopic (exact) mass is 334 g/mol. The van der Waals surface area contributed by atoms with E-state index in [0.29, 0.717) is 0 Å². The maximum atomic E-state index is 11.9. The summed E-state index contributed by atoms with van der Waals surface area (Å²) in [4.78, 5) is 24.4. The maximum Gasteiger partial charge on any atom is 0.338 e. The molecule has 1 amide bonds. The average molecular weight is 335 g/mol. The number of carbonyl (C=O) groups excluding carboxylic acids is 2. The van der Waals surface area contributed by atoms with Crippen LogP contribution < -0.4 is 5.14 Å². The molecule has 0 saturated carbocycles. The number of sulfonamides is 1. The van der Waals surface area contributed by atoms with Crippen molar-refractivity contribution in [2.45, 2.75) is 17.9 Å². The van der Waals surface area contributed by atoms with Gasteiger partial charge in [-0.05, 0) is 25.1 Å². The molecular formula is C12H15ClN2O5S. The molecule has 2 N–H and O–H groups in total. The second-order valence-corrected chi connectivity index (χ2v) is 6.41. The molecule has 9 heteroatoms. The number of rotatable bonds is 4. The molecule has 1 aromatic carbocycles. The summed E-state index contributed by atoms with van der Waals surface area (Å²) in [6.07, 6.45) is -0.999. The second kappa shape index (κ2) is 6.42. The lowest BCUT2D eigenvalue weighted by atomic mass is 10.2. The van der Waals surface area contributed by atoms with Gasteiger partial charge in [-0.15, -0.1) is 0 Å². The van der Waals surface area contributed by atoms with Crippen LogP contribution in [0.1, 0.15) is 17.3 Å². The standard InChI is InChI=1S/C12H15ClN2O5S/c1-7(11(16)15(2)3)20-12(17)8-4-5-9(13)10(6-8)21(14,18)19/h4-7H,1-3H3,(H2,14,18,19)/t7-/m0/s1. The van der Waals surface area contributed by atoms with E-state index in [2.05, 4.69) is 0 Å². The molecular weight excluding hydrogens is 320 g/mol. The van der Waals surface area contributed by atoms with Gasteiger partial charge in [0.05, 0.1) is 10.6 Å². The SMILES string of the molecule is C[C@H](OC(=O)c1ccc(Cl)c(S(N)(=O)=O)c1)C(=O)N(C)C. The van der Waals surface area contributed by atoms with E-state index in [1.54, 1.807) is 0 Å². The van der Waals surface area contributed by atoms with Gasteiger partial charge in [0, 0.05) is 14.1 Å². The lowest BCUT2D eigenvalue weighted by Crippen LogP contribution is -2.34. The maximum absolute atomic E-state index is 11.9. The van der Waals surface area contributed by atoms with Crippen molar-refractivity contribution in [1.29, 1.82) is 0 Å². The van der Waals surface area contributed by atoms with Gasteiger partial charge in [0.15, 0.2) is 6.10 Å². The fraction of sp³-hybridized carbons (Fsp3) is 0.333. The summed E-state index contributed by atoms with van der Waals surface area (Å²) in [6, 6.07) is 3.51. The molecule has 0 fully saturated rings. The lowest BCUT2D eigenvalue weighted by Gasteiger charge is -2.17. The molecule has 0 aliphatic carbocycles. The van der Waals surface area contributed by atoms with Crippen LogP contribution in [0, 0.1) is 0 Å². The molecule has 0 saturated heterocycles. The van der Waals surface area contributed by atoms with Crippen molar-refractivity contribution >= 4 is 33.5 Å². The minimum Gasteiger partial charge on any atom is -0.449 e. The van der Waals surface area contributed by atoms with Gasteiger partial charge in [-0.25, -0.2) is 18.4 Å². The minimum atomic E-state index is -4.06. The number of likely N-dealkylation sites (N-methyl/N-ethyl adjacent to an activating group) is 1. The Bertz CT molecular complexity index is 672. The van der Waals surface area contributed by atoms with Gasteiger partial charge < -0.3 is 9.64 Å². The molecule has 7 nitrogen and oxygen atoms in total. The molecule has 1 atom stereocenters. The van der Waals surface area contributed by atoms with Crippen LogP contribution in [-0.4, -0.2) is 45.4 Å². The zero-order chi connectivity index (χ0) is 16.4. The number of halogens is 1. The summed E-state index contributed by atoms with van der Waals surface area (Å²) in [5, 5.41) is 4.89. The molecule has 21 heavy (non-hydrogen) atoms. The van der Waals surface area contributed by atoms with Crippen LogP contribution in [0.2, 0.25) is 5.02 Å². The van der Waals surface area contributed by atoms with Gasteiger partial charge in [0.1, 0.15) is 4.90 Å². The molecule has 1 aromatic rings. The highest BCUT2D eigenvalue weighted by Crippen LogP contribution is 2.22. The molecule has 0 radical (unpaired) electrons. The molecule has 0 aromatic heterocycles. The third-order valence-corrected chi connectivity index (χ3v) is 3.94. The first kappa shape index (κ1) is 17.4. The lowest BCUT2D eigenvalue weighted by molar-refractivity contribution is -0.137. The largest absolute Gasteiger partial charge is 0.449 e. The highest BCUT2D eigenvalue weighted by molar-refractivity contribution is 7.89. The molecule has 0 heterocycles. The first-order valence-electron chi connectivity index (χ1n) is 5.78. The van der Waals surface area contributed by atoms with E-state index in [9.17, 15) is 18.0 Å². The summed E-state index contributed by atoms with van der Waals surface area (Å²) in [5.74, 6) is -1.25. The van der Waals surface area contributed by atoms with E-state index in [4.69, 9.17) is 21.5 Å². The van der Waals surface area contributed by atoms with Gasteiger partial charge in [-0.3, -0.25) is 4.79 Å². The molecule has 0 unspecified atom stereocenters. The van der Waals surface area contributed by atoms with Crippen LogP contribution in [-0.2, 0) is 19.6 Å². The number of esters is 1. The van der Waals surface area contributed by atoms with Crippen molar-refractivity contribution in [2.24, 2.45) is 5.14 Å². The van der Waals surface area contributed by atoms with Crippen LogP contribution in [0.5, 0.6) is 0 Å². The van der Waals surface area contributed by atoms with E-state index < -0.39 is 28.0 Å². The Morgan fingerprint density at radius 3 is 2.38 bits per heavy atom. The number of ether oxygens (including phenoxy) is 1. The Morgan fingerprint density at radius 1 is 1.33 bits per heavy atom. The molecule has 0 spiro atoms. The van der Waals surface area contributed by atoms with Crippen LogP contribution in [0.3, 0.4) is 0 Å². The number of nitrogens with two attached hydrogens (primary N) is 1. The third-order valence-electron chi connectivity index (χ3n) is 2.55. The normalized spacial score (nSPS) is 12.6. The fourth-order valence-corrected chi connectivity index (χ4v) is 2.56. The molecule has 1 rings (SSSR count). The summed E-state index contributed by atoms with van der Waals surface area (Å²) < 4.78 is 27.6. The number of amides is 1. The number of carbonyl (C=O) groups is 2. The Kier molecular flexibility index (Phi) is 5.32. The van der Waals surface area contributed by atoms with Gasteiger partial charge in [0.2, 0.25) is 10.0 Å². The highest BCUT2D eigenvalue weighted by atomic mass is 35.5. The number of hydrogen-bond donors (Lipinski definition) is 1. The fourth-order valence-electron chi connectivity index (χ4n) is 1.49. The molecule has 116 valence electrons. The summed E-state index contributed by atoms with van der Waals surface area (Å²) >= 11 is 5.71. The van der Waals surface area contributed by atoms with Crippen molar-refractivity contribution in [3.05, 3.63) is 28.8 Å². The first-order chi connectivity index (χ1) is 9.54. The summed E-state index contributed by atoms with van der Waals surface area (Å²) in [5.41, 5.74) is -0.0677. The third kappa shape index (κ3) is 4.42. The number of nitrogens with zero attached hydrogens (tertiary/aromatic N) is 1.